The molecule has 1 aromatic rings. The molecule has 2 nitrogen and oxygen atoms in total. The summed E-state index contributed by atoms with van der Waals surface area (Å²) in [4.78, 5) is 0. The minimum atomic E-state index is 0.279. The molecule has 0 saturated carbocycles. The molecule has 0 radical (unpaired) electrons. The largest absolute Gasteiger partial charge is 0.496 e. The van der Waals surface area contributed by atoms with Crippen molar-refractivity contribution < 1.29 is 9.84 Å². The van der Waals surface area contributed by atoms with Gasteiger partial charge in [-0.2, -0.15) is 0 Å². The Balaban J connectivity index is 2.60. The lowest BCUT2D eigenvalue weighted by molar-refractivity contribution is 0.285. The smallest absolute Gasteiger partial charge is 0.126 e. The lowest BCUT2D eigenvalue weighted by atomic mass is 10.1. The molecule has 0 heterocycles. The van der Waals surface area contributed by atoms with E-state index in [0.717, 1.165) is 30.6 Å². The van der Waals surface area contributed by atoms with Crippen LogP contribution in [0.15, 0.2) is 24.3 Å². The van der Waals surface area contributed by atoms with Crippen LogP contribution in [-0.4, -0.2) is 18.8 Å². The van der Waals surface area contributed by atoms with Crippen LogP contribution in [0.25, 0.3) is 6.08 Å². The van der Waals surface area contributed by atoms with Gasteiger partial charge in [-0.1, -0.05) is 23.8 Å². The van der Waals surface area contributed by atoms with Crippen LogP contribution in [0.2, 0.25) is 0 Å². The Labute approximate surface area is 97.6 Å². The van der Waals surface area contributed by atoms with E-state index in [2.05, 4.69) is 25.1 Å². The number of aryl methyl sites for hydroxylation is 1. The van der Waals surface area contributed by atoms with Crippen LogP contribution in [0.5, 0.6) is 5.75 Å². The predicted molar refractivity (Wildman–Crippen MR) is 67.7 cm³/mol. The molecule has 0 saturated heterocycles. The van der Waals surface area contributed by atoms with Gasteiger partial charge in [-0.15, -0.1) is 0 Å². The third-order valence-electron chi connectivity index (χ3n) is 2.46. The van der Waals surface area contributed by atoms with Crippen molar-refractivity contribution in [2.45, 2.75) is 26.2 Å². The molecular weight excluding hydrogens is 200 g/mol. The Hall–Kier alpha value is -1.28. The fraction of sp³-hybridized carbons (Fsp3) is 0.429. The van der Waals surface area contributed by atoms with Crippen molar-refractivity contribution in [3.05, 3.63) is 35.4 Å². The van der Waals surface area contributed by atoms with Gasteiger partial charge in [0.05, 0.1) is 7.11 Å². The summed E-state index contributed by atoms with van der Waals surface area (Å²) in [5, 5.41) is 8.66. The molecule has 1 rings (SSSR count). The van der Waals surface area contributed by atoms with E-state index < -0.39 is 0 Å². The van der Waals surface area contributed by atoms with Crippen LogP contribution < -0.4 is 4.74 Å². The second kappa shape index (κ2) is 7.07. The molecule has 1 aromatic carbocycles. The van der Waals surface area contributed by atoms with Crippen LogP contribution >= 0.6 is 0 Å². The van der Waals surface area contributed by atoms with E-state index in [1.165, 1.54) is 5.56 Å². The fourth-order valence-electron chi connectivity index (χ4n) is 1.57. The number of aliphatic hydroxyl groups is 1. The minimum absolute atomic E-state index is 0.279. The average molecular weight is 220 g/mol. The molecule has 88 valence electrons. The van der Waals surface area contributed by atoms with Gasteiger partial charge in [-0.05, 0) is 38.3 Å². The van der Waals surface area contributed by atoms with E-state index >= 15 is 0 Å². The van der Waals surface area contributed by atoms with Gasteiger partial charge in [0, 0.05) is 12.2 Å². The summed E-state index contributed by atoms with van der Waals surface area (Å²) < 4.78 is 5.29. The Morgan fingerprint density at radius 2 is 2.12 bits per heavy atom. The number of rotatable bonds is 6. The van der Waals surface area contributed by atoms with Crippen molar-refractivity contribution in [3.8, 4) is 5.75 Å². The van der Waals surface area contributed by atoms with E-state index in [9.17, 15) is 0 Å². The highest BCUT2D eigenvalue weighted by molar-refractivity contribution is 5.58. The van der Waals surface area contributed by atoms with E-state index in [-0.39, 0.29) is 6.61 Å². The van der Waals surface area contributed by atoms with Gasteiger partial charge in [0.25, 0.3) is 0 Å². The van der Waals surface area contributed by atoms with Gasteiger partial charge < -0.3 is 9.84 Å². The number of ether oxygens (including phenoxy) is 1. The van der Waals surface area contributed by atoms with Crippen LogP contribution in [0.4, 0.5) is 0 Å². The first-order chi connectivity index (χ1) is 7.77. The number of hydrogen-bond donors (Lipinski definition) is 1. The summed E-state index contributed by atoms with van der Waals surface area (Å²) >= 11 is 0. The van der Waals surface area contributed by atoms with Crippen molar-refractivity contribution in [2.75, 3.05) is 13.7 Å². The van der Waals surface area contributed by atoms with Crippen molar-refractivity contribution in [1.29, 1.82) is 0 Å². The lowest BCUT2D eigenvalue weighted by Gasteiger charge is -2.05. The van der Waals surface area contributed by atoms with Crippen molar-refractivity contribution in [2.24, 2.45) is 0 Å². The number of methoxy groups -OCH3 is 1. The highest BCUT2D eigenvalue weighted by atomic mass is 16.5. The minimum Gasteiger partial charge on any atom is -0.496 e. The fourth-order valence-corrected chi connectivity index (χ4v) is 1.57. The molecule has 2 heteroatoms. The maximum Gasteiger partial charge on any atom is 0.126 e. The standard InChI is InChI=1S/C14H20O2/c1-12-8-9-14(16-2)13(11-12)7-5-3-4-6-10-15/h5,7-9,11,15H,3-4,6,10H2,1-2H3/b7-5+. The second-order valence-corrected chi connectivity index (χ2v) is 3.87. The number of hydrogen-bond acceptors (Lipinski definition) is 2. The van der Waals surface area contributed by atoms with Crippen molar-refractivity contribution in [3.63, 3.8) is 0 Å². The van der Waals surface area contributed by atoms with E-state index in [0.29, 0.717) is 0 Å². The Morgan fingerprint density at radius 1 is 1.31 bits per heavy atom. The Morgan fingerprint density at radius 3 is 2.81 bits per heavy atom. The summed E-state index contributed by atoms with van der Waals surface area (Å²) in [5.41, 5.74) is 2.35. The zero-order chi connectivity index (χ0) is 11.8. The van der Waals surface area contributed by atoms with Gasteiger partial charge in [-0.25, -0.2) is 0 Å². The first-order valence-corrected chi connectivity index (χ1v) is 5.70. The van der Waals surface area contributed by atoms with Crippen LogP contribution in [0.3, 0.4) is 0 Å². The van der Waals surface area contributed by atoms with Crippen molar-refractivity contribution >= 4 is 6.08 Å². The molecule has 0 amide bonds. The number of unbranched alkanes of at least 4 members (excludes halogenated alkanes) is 2. The van der Waals surface area contributed by atoms with Gasteiger partial charge in [0.2, 0.25) is 0 Å². The second-order valence-electron chi connectivity index (χ2n) is 3.87. The highest BCUT2D eigenvalue weighted by Gasteiger charge is 1.98. The van der Waals surface area contributed by atoms with Gasteiger partial charge >= 0.3 is 0 Å². The summed E-state index contributed by atoms with van der Waals surface area (Å²) in [5.74, 6) is 0.906. The summed E-state index contributed by atoms with van der Waals surface area (Å²) in [6, 6.07) is 6.14. The third-order valence-corrected chi connectivity index (χ3v) is 2.46. The Kier molecular flexibility index (Phi) is 5.65. The first kappa shape index (κ1) is 12.8. The molecule has 0 spiro atoms. The molecular formula is C14H20O2. The Bertz CT molecular complexity index is 343. The third kappa shape index (κ3) is 4.07. The summed E-state index contributed by atoms with van der Waals surface area (Å²) in [7, 11) is 1.69. The van der Waals surface area contributed by atoms with E-state index in [4.69, 9.17) is 9.84 Å². The zero-order valence-corrected chi connectivity index (χ0v) is 10.1. The lowest BCUT2D eigenvalue weighted by Crippen LogP contribution is -1.87. The topological polar surface area (TPSA) is 29.5 Å². The van der Waals surface area contributed by atoms with Crippen LogP contribution in [0, 0.1) is 6.92 Å². The van der Waals surface area contributed by atoms with Crippen molar-refractivity contribution in [1.82, 2.24) is 0 Å². The zero-order valence-electron chi connectivity index (χ0n) is 10.1. The normalized spacial score (nSPS) is 10.9. The SMILES string of the molecule is COc1ccc(C)cc1/C=C/CCCCO. The average Bonchev–Trinajstić information content (AvgIpc) is 2.29. The molecule has 0 atom stereocenters. The molecule has 0 aliphatic heterocycles. The molecule has 0 bridgehead atoms. The van der Waals surface area contributed by atoms with Crippen LogP contribution in [0.1, 0.15) is 30.4 Å². The van der Waals surface area contributed by atoms with Gasteiger partial charge in [0.15, 0.2) is 0 Å². The highest BCUT2D eigenvalue weighted by Crippen LogP contribution is 2.21. The molecule has 0 aliphatic rings. The monoisotopic (exact) mass is 220 g/mol. The number of aliphatic hydroxyl groups excluding tert-OH is 1. The summed E-state index contributed by atoms with van der Waals surface area (Å²) in [6.45, 7) is 2.35. The molecule has 0 fully saturated rings. The quantitative estimate of drug-likeness (QED) is 0.746. The molecule has 16 heavy (non-hydrogen) atoms. The predicted octanol–water partition coefficient (Wildman–Crippen LogP) is 3.18. The van der Waals surface area contributed by atoms with E-state index in [1.807, 2.05) is 12.1 Å². The number of allylic oxidation sites excluding steroid dienone is 1. The number of benzene rings is 1. The maximum absolute atomic E-state index is 8.66. The van der Waals surface area contributed by atoms with Gasteiger partial charge in [0.1, 0.15) is 5.75 Å². The molecule has 1 N–H and O–H groups in total. The maximum atomic E-state index is 8.66. The summed E-state index contributed by atoms with van der Waals surface area (Å²) in [6.07, 6.45) is 7.12. The molecule has 0 unspecified atom stereocenters. The van der Waals surface area contributed by atoms with Gasteiger partial charge in [-0.3, -0.25) is 0 Å². The molecule has 0 aromatic heterocycles. The van der Waals surface area contributed by atoms with E-state index in [1.54, 1.807) is 7.11 Å². The first-order valence-electron chi connectivity index (χ1n) is 5.70. The van der Waals surface area contributed by atoms with Crippen LogP contribution in [-0.2, 0) is 0 Å². The molecule has 0 aliphatic carbocycles.